The highest BCUT2D eigenvalue weighted by atomic mass is 16.2. The van der Waals surface area contributed by atoms with Crippen LogP contribution >= 0.6 is 0 Å². The molecule has 0 radical (unpaired) electrons. The van der Waals surface area contributed by atoms with Gasteiger partial charge in [0.05, 0.1) is 22.4 Å². The molecule has 0 atom stereocenters. The average molecular weight is 404 g/mol. The molecule has 0 saturated heterocycles. The first-order chi connectivity index (χ1) is 14.3. The number of carbonyl (C=O) groups is 1. The quantitative estimate of drug-likeness (QED) is 0.481. The maximum Gasteiger partial charge on any atom is 0.329 e. The average Bonchev–Trinajstić information content (AvgIpc) is 3.20. The number of primary amides is 1. The van der Waals surface area contributed by atoms with Gasteiger partial charge in [0.25, 0.3) is 0 Å². The number of benzene rings is 2. The molecule has 0 aliphatic heterocycles. The van der Waals surface area contributed by atoms with Gasteiger partial charge in [0, 0.05) is 24.2 Å². The molecule has 4 rings (SSSR count). The molecule has 8 heteroatoms. The molecule has 2 heterocycles. The number of urea groups is 1. The Morgan fingerprint density at radius 1 is 1.13 bits per heavy atom. The molecule has 0 aliphatic carbocycles. The first-order valence-corrected chi connectivity index (χ1v) is 9.71. The molecule has 0 bridgehead atoms. The summed E-state index contributed by atoms with van der Waals surface area (Å²) in [7, 11) is 1.77. The lowest BCUT2D eigenvalue weighted by Gasteiger charge is -2.08. The number of amides is 2. The fourth-order valence-corrected chi connectivity index (χ4v) is 3.78. The lowest BCUT2D eigenvalue weighted by molar-refractivity contribution is 0.259. The van der Waals surface area contributed by atoms with Crippen molar-refractivity contribution in [3.05, 3.63) is 58.5 Å². The highest BCUT2D eigenvalue weighted by Gasteiger charge is 2.18. The number of nitrogens with one attached hydrogen (secondary N) is 2. The number of imidazole rings is 2. The summed E-state index contributed by atoms with van der Waals surface area (Å²) in [5, 5.41) is 2.51. The van der Waals surface area contributed by atoms with Crippen molar-refractivity contribution >= 4 is 23.0 Å². The van der Waals surface area contributed by atoms with Gasteiger partial charge in [-0.1, -0.05) is 29.8 Å². The fraction of sp³-hybridized carbons (Fsp3) is 0.227. The summed E-state index contributed by atoms with van der Waals surface area (Å²) in [6.07, 6.45) is 0. The molecule has 0 unspecified atom stereocenters. The first kappa shape index (κ1) is 19.5. The van der Waals surface area contributed by atoms with Gasteiger partial charge < -0.3 is 10.7 Å². The summed E-state index contributed by atoms with van der Waals surface area (Å²) in [4.78, 5) is 31.7. The summed E-state index contributed by atoms with van der Waals surface area (Å²) in [5.41, 5.74) is 11.2. The maximum absolute atomic E-state index is 12.7. The summed E-state index contributed by atoms with van der Waals surface area (Å²) in [5.74, 6) is 0.266. The Balaban J connectivity index is 1.94. The van der Waals surface area contributed by atoms with Gasteiger partial charge in [-0.15, -0.1) is 0 Å². The van der Waals surface area contributed by atoms with Gasteiger partial charge in [0.15, 0.2) is 0 Å². The van der Waals surface area contributed by atoms with E-state index in [0.29, 0.717) is 5.69 Å². The van der Waals surface area contributed by atoms with E-state index in [2.05, 4.69) is 15.3 Å². The Hall–Kier alpha value is -3.81. The molecule has 154 valence electrons. The van der Waals surface area contributed by atoms with Crippen molar-refractivity contribution in [1.82, 2.24) is 19.1 Å². The molecular formula is C22H24N6O2. The van der Waals surface area contributed by atoms with Gasteiger partial charge >= 0.3 is 11.7 Å². The number of aryl methyl sites for hydroxylation is 2. The van der Waals surface area contributed by atoms with E-state index < -0.39 is 6.03 Å². The van der Waals surface area contributed by atoms with Crippen LogP contribution in [0.3, 0.4) is 0 Å². The molecule has 0 spiro atoms. The standard InChI is InChI=1S/C22H24N6O2/c1-12(2)28-16-9-8-15(11-17(16)27(4)22(28)30)19-18(14-7-5-6-13(3)10-14)24-21(25-19)26-20(23)29/h5-12H,1-4H3,(H4,23,24,25,26,29). The maximum atomic E-state index is 12.7. The van der Waals surface area contributed by atoms with Crippen LogP contribution < -0.4 is 16.7 Å². The highest BCUT2D eigenvalue weighted by Crippen LogP contribution is 2.33. The third-order valence-electron chi connectivity index (χ3n) is 5.13. The molecule has 0 saturated carbocycles. The predicted molar refractivity (Wildman–Crippen MR) is 119 cm³/mol. The van der Waals surface area contributed by atoms with Gasteiger partial charge in [-0.3, -0.25) is 14.5 Å². The Kier molecular flexibility index (Phi) is 4.69. The largest absolute Gasteiger partial charge is 0.351 e. The molecule has 0 fully saturated rings. The topological polar surface area (TPSA) is 111 Å². The monoisotopic (exact) mass is 404 g/mol. The number of H-pyrrole nitrogens is 1. The van der Waals surface area contributed by atoms with E-state index in [1.54, 1.807) is 16.2 Å². The predicted octanol–water partition coefficient (Wildman–Crippen LogP) is 3.78. The number of aromatic amines is 1. The third kappa shape index (κ3) is 3.26. The van der Waals surface area contributed by atoms with Crippen molar-refractivity contribution in [2.24, 2.45) is 12.8 Å². The number of fused-ring (bicyclic) bond motifs is 1. The molecule has 30 heavy (non-hydrogen) atoms. The number of nitrogens with two attached hydrogens (primary N) is 1. The van der Waals surface area contributed by atoms with Crippen LogP contribution in [-0.2, 0) is 7.05 Å². The fourth-order valence-electron chi connectivity index (χ4n) is 3.78. The Bertz CT molecular complexity index is 1330. The summed E-state index contributed by atoms with van der Waals surface area (Å²) < 4.78 is 3.41. The van der Waals surface area contributed by atoms with Crippen molar-refractivity contribution < 1.29 is 4.79 Å². The zero-order chi connectivity index (χ0) is 21.6. The molecule has 0 aliphatic rings. The van der Waals surface area contributed by atoms with Crippen LogP contribution in [0.4, 0.5) is 10.7 Å². The lowest BCUT2D eigenvalue weighted by atomic mass is 10.0. The lowest BCUT2D eigenvalue weighted by Crippen LogP contribution is -2.23. The van der Waals surface area contributed by atoms with E-state index in [4.69, 9.17) is 5.73 Å². The number of hydrogen-bond acceptors (Lipinski definition) is 3. The van der Waals surface area contributed by atoms with Crippen LogP contribution in [0.1, 0.15) is 25.5 Å². The van der Waals surface area contributed by atoms with Crippen LogP contribution in [0.2, 0.25) is 0 Å². The van der Waals surface area contributed by atoms with Crippen molar-refractivity contribution in [3.8, 4) is 22.5 Å². The number of nitrogens with zero attached hydrogens (tertiary/aromatic N) is 3. The van der Waals surface area contributed by atoms with Crippen molar-refractivity contribution in [2.75, 3.05) is 5.32 Å². The van der Waals surface area contributed by atoms with Gasteiger partial charge in [-0.05, 0) is 39.0 Å². The second-order valence-electron chi connectivity index (χ2n) is 7.68. The van der Waals surface area contributed by atoms with Crippen LogP contribution in [0, 0.1) is 6.92 Å². The smallest absolute Gasteiger partial charge is 0.329 e. The third-order valence-corrected chi connectivity index (χ3v) is 5.13. The van der Waals surface area contributed by atoms with E-state index in [9.17, 15) is 9.59 Å². The number of anilines is 1. The van der Waals surface area contributed by atoms with Gasteiger partial charge in [-0.25, -0.2) is 14.6 Å². The highest BCUT2D eigenvalue weighted by molar-refractivity contribution is 5.90. The molecule has 4 N–H and O–H groups in total. The summed E-state index contributed by atoms with van der Waals surface area (Å²) in [6.45, 7) is 5.98. The summed E-state index contributed by atoms with van der Waals surface area (Å²) in [6, 6.07) is 13.1. The molecule has 8 nitrogen and oxygen atoms in total. The van der Waals surface area contributed by atoms with Crippen LogP contribution in [0.15, 0.2) is 47.3 Å². The van der Waals surface area contributed by atoms with Crippen LogP contribution in [0.25, 0.3) is 33.5 Å². The molecular weight excluding hydrogens is 380 g/mol. The van der Waals surface area contributed by atoms with Gasteiger partial charge in [-0.2, -0.15) is 0 Å². The molecule has 2 amide bonds. The molecule has 4 aromatic rings. The Morgan fingerprint density at radius 2 is 1.90 bits per heavy atom. The second kappa shape index (κ2) is 7.22. The second-order valence-corrected chi connectivity index (χ2v) is 7.68. The first-order valence-electron chi connectivity index (χ1n) is 9.71. The minimum absolute atomic E-state index is 0.0495. The number of rotatable bonds is 4. The van der Waals surface area contributed by atoms with E-state index in [0.717, 1.165) is 33.4 Å². The Morgan fingerprint density at radius 3 is 2.57 bits per heavy atom. The van der Waals surface area contributed by atoms with Crippen LogP contribution in [-0.4, -0.2) is 25.1 Å². The van der Waals surface area contributed by atoms with E-state index >= 15 is 0 Å². The van der Waals surface area contributed by atoms with E-state index in [1.165, 1.54) is 0 Å². The summed E-state index contributed by atoms with van der Waals surface area (Å²) >= 11 is 0. The minimum Gasteiger partial charge on any atom is -0.351 e. The molecule has 2 aromatic carbocycles. The SMILES string of the molecule is Cc1cccc(-c2nc(NC(N)=O)[nH]c2-c2ccc3c(c2)n(C)c(=O)n3C(C)C)c1. The van der Waals surface area contributed by atoms with Gasteiger partial charge in [0.2, 0.25) is 5.95 Å². The normalized spacial score (nSPS) is 11.4. The number of aromatic nitrogens is 4. The Labute approximate surface area is 173 Å². The van der Waals surface area contributed by atoms with Crippen LogP contribution in [0.5, 0.6) is 0 Å². The zero-order valence-corrected chi connectivity index (χ0v) is 17.4. The van der Waals surface area contributed by atoms with E-state index in [1.807, 2.05) is 63.2 Å². The number of carbonyl (C=O) groups excluding carboxylic acids is 1. The van der Waals surface area contributed by atoms with Gasteiger partial charge in [0.1, 0.15) is 0 Å². The number of hydrogen-bond donors (Lipinski definition) is 3. The van der Waals surface area contributed by atoms with Crippen molar-refractivity contribution in [2.45, 2.75) is 26.8 Å². The van der Waals surface area contributed by atoms with Crippen molar-refractivity contribution in [3.63, 3.8) is 0 Å². The minimum atomic E-state index is -0.696. The van der Waals surface area contributed by atoms with E-state index in [-0.39, 0.29) is 17.7 Å². The zero-order valence-electron chi connectivity index (χ0n) is 17.4. The van der Waals surface area contributed by atoms with Crippen molar-refractivity contribution in [1.29, 1.82) is 0 Å². The molecule has 2 aromatic heterocycles.